The van der Waals surface area contributed by atoms with Gasteiger partial charge in [-0.3, -0.25) is 0 Å². The maximum absolute atomic E-state index is 9.11. The highest BCUT2D eigenvalue weighted by molar-refractivity contribution is 5.53. The first-order valence-corrected chi connectivity index (χ1v) is 5.95. The lowest BCUT2D eigenvalue weighted by Gasteiger charge is -2.29. The van der Waals surface area contributed by atoms with Gasteiger partial charge in [-0.05, 0) is 0 Å². The number of hydrogen-bond acceptors (Lipinski definition) is 5. The van der Waals surface area contributed by atoms with E-state index in [1.807, 2.05) is 0 Å². The summed E-state index contributed by atoms with van der Waals surface area (Å²) in [6, 6.07) is 2.17. The van der Waals surface area contributed by atoms with E-state index in [-0.39, 0.29) is 5.92 Å². The minimum absolute atomic E-state index is 0.282. The third-order valence-electron chi connectivity index (χ3n) is 2.84. The Bertz CT molecular complexity index is 429. The van der Waals surface area contributed by atoms with Crippen LogP contribution in [-0.4, -0.2) is 36.1 Å². The molecule has 0 atom stereocenters. The number of anilines is 1. The Morgan fingerprint density at radius 3 is 2.71 bits per heavy atom. The summed E-state index contributed by atoms with van der Waals surface area (Å²) in [5.41, 5.74) is 0.566. The van der Waals surface area contributed by atoms with Crippen molar-refractivity contribution in [1.29, 1.82) is 5.26 Å². The zero-order chi connectivity index (χ0) is 12.3. The van der Waals surface area contributed by atoms with Gasteiger partial charge >= 0.3 is 0 Å². The SMILES string of the molecule is CC(C)c1ncc(C#N)c(N2CCNCC2)n1. The quantitative estimate of drug-likeness (QED) is 0.818. The molecule has 90 valence electrons. The second-order valence-corrected chi connectivity index (χ2v) is 4.47. The van der Waals surface area contributed by atoms with Crippen LogP contribution in [0, 0.1) is 11.3 Å². The summed E-state index contributed by atoms with van der Waals surface area (Å²) in [4.78, 5) is 10.9. The smallest absolute Gasteiger partial charge is 0.150 e. The maximum atomic E-state index is 9.11. The molecule has 1 aliphatic rings. The van der Waals surface area contributed by atoms with E-state index in [0.29, 0.717) is 5.56 Å². The molecule has 2 rings (SSSR count). The Morgan fingerprint density at radius 2 is 2.12 bits per heavy atom. The van der Waals surface area contributed by atoms with Crippen LogP contribution in [0.4, 0.5) is 5.82 Å². The van der Waals surface area contributed by atoms with Crippen LogP contribution in [0.3, 0.4) is 0 Å². The van der Waals surface area contributed by atoms with Crippen LogP contribution < -0.4 is 10.2 Å². The predicted octanol–water partition coefficient (Wildman–Crippen LogP) is 0.881. The minimum atomic E-state index is 0.282. The summed E-state index contributed by atoms with van der Waals surface area (Å²) in [7, 11) is 0. The molecule has 0 spiro atoms. The maximum Gasteiger partial charge on any atom is 0.150 e. The molecule has 5 heteroatoms. The molecule has 0 aliphatic carbocycles. The van der Waals surface area contributed by atoms with Gasteiger partial charge in [-0.1, -0.05) is 13.8 Å². The summed E-state index contributed by atoms with van der Waals surface area (Å²) in [5.74, 6) is 1.87. The molecule has 1 saturated heterocycles. The number of nitriles is 1. The van der Waals surface area contributed by atoms with E-state index >= 15 is 0 Å². The molecular formula is C12H17N5. The number of aromatic nitrogens is 2. The summed E-state index contributed by atoms with van der Waals surface area (Å²) in [5, 5.41) is 12.4. The molecule has 0 aromatic carbocycles. The molecule has 1 fully saturated rings. The highest BCUT2D eigenvalue weighted by atomic mass is 15.2. The molecule has 1 aromatic heterocycles. The van der Waals surface area contributed by atoms with Crippen molar-refractivity contribution in [3.05, 3.63) is 17.6 Å². The molecule has 1 N–H and O–H groups in total. The van der Waals surface area contributed by atoms with E-state index < -0.39 is 0 Å². The average molecular weight is 231 g/mol. The zero-order valence-corrected chi connectivity index (χ0v) is 10.3. The van der Waals surface area contributed by atoms with E-state index in [1.54, 1.807) is 6.20 Å². The van der Waals surface area contributed by atoms with Crippen molar-refractivity contribution in [2.45, 2.75) is 19.8 Å². The fraction of sp³-hybridized carbons (Fsp3) is 0.583. The molecule has 1 aliphatic heterocycles. The lowest BCUT2D eigenvalue weighted by molar-refractivity contribution is 0.582. The lowest BCUT2D eigenvalue weighted by Crippen LogP contribution is -2.44. The first kappa shape index (κ1) is 11.8. The second-order valence-electron chi connectivity index (χ2n) is 4.47. The van der Waals surface area contributed by atoms with Crippen LogP contribution in [0.1, 0.15) is 31.2 Å². The number of rotatable bonds is 2. The molecule has 5 nitrogen and oxygen atoms in total. The molecule has 2 heterocycles. The molecule has 0 saturated carbocycles. The standard InChI is InChI=1S/C12H17N5/c1-9(2)11-15-8-10(7-13)12(16-11)17-5-3-14-4-6-17/h8-9,14H,3-6H2,1-2H3. The van der Waals surface area contributed by atoms with Gasteiger partial charge in [0.2, 0.25) is 0 Å². The van der Waals surface area contributed by atoms with Crippen LogP contribution in [0.2, 0.25) is 0 Å². The zero-order valence-electron chi connectivity index (χ0n) is 10.3. The largest absolute Gasteiger partial charge is 0.353 e. The molecule has 1 aromatic rings. The van der Waals surface area contributed by atoms with E-state index in [0.717, 1.165) is 37.8 Å². The Kier molecular flexibility index (Phi) is 3.55. The van der Waals surface area contributed by atoms with E-state index in [2.05, 4.69) is 40.1 Å². The van der Waals surface area contributed by atoms with Gasteiger partial charge in [0.05, 0.1) is 6.20 Å². The molecule has 0 unspecified atom stereocenters. The van der Waals surface area contributed by atoms with Crippen molar-refractivity contribution in [2.75, 3.05) is 31.1 Å². The summed E-state index contributed by atoms with van der Waals surface area (Å²) in [6.07, 6.45) is 1.64. The fourth-order valence-corrected chi connectivity index (χ4v) is 1.86. The number of piperazine rings is 1. The lowest BCUT2D eigenvalue weighted by atomic mass is 10.2. The number of hydrogen-bond donors (Lipinski definition) is 1. The van der Waals surface area contributed by atoms with Crippen LogP contribution in [0.5, 0.6) is 0 Å². The van der Waals surface area contributed by atoms with Crippen LogP contribution in [0.15, 0.2) is 6.20 Å². The van der Waals surface area contributed by atoms with Crippen LogP contribution in [-0.2, 0) is 0 Å². The van der Waals surface area contributed by atoms with Gasteiger partial charge in [0, 0.05) is 32.1 Å². The summed E-state index contributed by atoms with van der Waals surface area (Å²) >= 11 is 0. The van der Waals surface area contributed by atoms with Gasteiger partial charge in [-0.15, -0.1) is 0 Å². The molecule has 0 radical (unpaired) electrons. The summed E-state index contributed by atoms with van der Waals surface area (Å²) in [6.45, 7) is 7.77. The molecule has 17 heavy (non-hydrogen) atoms. The van der Waals surface area contributed by atoms with Gasteiger partial charge < -0.3 is 10.2 Å². The number of nitrogens with one attached hydrogen (secondary N) is 1. The van der Waals surface area contributed by atoms with E-state index in [1.165, 1.54) is 0 Å². The normalized spacial score (nSPS) is 16.0. The Balaban J connectivity index is 2.35. The van der Waals surface area contributed by atoms with E-state index in [9.17, 15) is 0 Å². The number of nitrogens with zero attached hydrogens (tertiary/aromatic N) is 4. The van der Waals surface area contributed by atoms with Gasteiger partial charge in [0.1, 0.15) is 23.3 Å². The second kappa shape index (κ2) is 5.11. The first-order valence-electron chi connectivity index (χ1n) is 5.95. The fourth-order valence-electron chi connectivity index (χ4n) is 1.86. The monoisotopic (exact) mass is 231 g/mol. The van der Waals surface area contributed by atoms with E-state index in [4.69, 9.17) is 5.26 Å². The average Bonchev–Trinajstić information content (AvgIpc) is 2.39. The van der Waals surface area contributed by atoms with Crippen molar-refractivity contribution in [3.8, 4) is 6.07 Å². The molecule has 0 bridgehead atoms. The van der Waals surface area contributed by atoms with Crippen molar-refractivity contribution in [1.82, 2.24) is 15.3 Å². The van der Waals surface area contributed by atoms with Gasteiger partial charge in [0.25, 0.3) is 0 Å². The molecular weight excluding hydrogens is 214 g/mol. The third kappa shape index (κ3) is 2.53. The van der Waals surface area contributed by atoms with Crippen molar-refractivity contribution in [3.63, 3.8) is 0 Å². The van der Waals surface area contributed by atoms with Gasteiger partial charge in [0.15, 0.2) is 0 Å². The van der Waals surface area contributed by atoms with Crippen molar-refractivity contribution in [2.24, 2.45) is 0 Å². The van der Waals surface area contributed by atoms with Crippen molar-refractivity contribution >= 4 is 5.82 Å². The predicted molar refractivity (Wildman–Crippen MR) is 65.9 cm³/mol. The Hall–Kier alpha value is -1.67. The first-order chi connectivity index (χ1) is 8.22. The van der Waals surface area contributed by atoms with Crippen LogP contribution >= 0.6 is 0 Å². The minimum Gasteiger partial charge on any atom is -0.353 e. The highest BCUT2D eigenvalue weighted by Gasteiger charge is 2.17. The third-order valence-corrected chi connectivity index (χ3v) is 2.84. The van der Waals surface area contributed by atoms with Gasteiger partial charge in [-0.2, -0.15) is 5.26 Å². The van der Waals surface area contributed by atoms with Crippen molar-refractivity contribution < 1.29 is 0 Å². The Labute approximate surface area is 101 Å². The van der Waals surface area contributed by atoms with Crippen LogP contribution in [0.25, 0.3) is 0 Å². The topological polar surface area (TPSA) is 64.8 Å². The summed E-state index contributed by atoms with van der Waals surface area (Å²) < 4.78 is 0. The molecule has 0 amide bonds. The highest BCUT2D eigenvalue weighted by Crippen LogP contribution is 2.19. The van der Waals surface area contributed by atoms with Gasteiger partial charge in [-0.25, -0.2) is 9.97 Å². The Morgan fingerprint density at radius 1 is 1.41 bits per heavy atom.